The van der Waals surface area contributed by atoms with E-state index >= 15 is 0 Å². The molecule has 0 amide bonds. The van der Waals surface area contributed by atoms with Gasteiger partial charge in [-0.3, -0.25) is 5.41 Å². The lowest BCUT2D eigenvalue weighted by molar-refractivity contribution is 0.281. The topological polar surface area (TPSA) is 93.6 Å². The lowest BCUT2D eigenvalue weighted by Gasteiger charge is -2.24. The number of hydrogen-bond acceptors (Lipinski definition) is 4. The first kappa shape index (κ1) is 13.8. The molecule has 0 saturated carbocycles. The van der Waals surface area contributed by atoms with Gasteiger partial charge in [-0.25, -0.2) is 0 Å². The summed E-state index contributed by atoms with van der Waals surface area (Å²) in [5.74, 6) is -0.0469. The van der Waals surface area contributed by atoms with Gasteiger partial charge < -0.3 is 20.8 Å². The summed E-state index contributed by atoms with van der Waals surface area (Å²) in [6.45, 7) is 0.731. The second-order valence-corrected chi connectivity index (χ2v) is 3.92. The third-order valence-electron chi connectivity index (χ3n) is 2.34. The van der Waals surface area contributed by atoms with Gasteiger partial charge in [0.25, 0.3) is 0 Å². The van der Waals surface area contributed by atoms with Crippen LogP contribution in [0.15, 0.2) is 18.2 Å². The summed E-state index contributed by atoms with van der Waals surface area (Å²) in [6.07, 6.45) is 0. The fourth-order valence-corrected chi connectivity index (χ4v) is 1.83. The van der Waals surface area contributed by atoms with E-state index < -0.39 is 0 Å². The number of nitrogen functional groups attached to an aromatic ring is 1. The van der Waals surface area contributed by atoms with Crippen molar-refractivity contribution >= 4 is 23.1 Å². The van der Waals surface area contributed by atoms with Gasteiger partial charge in [-0.1, -0.05) is 11.6 Å². The van der Waals surface area contributed by atoms with E-state index in [-0.39, 0.29) is 19.0 Å². The zero-order chi connectivity index (χ0) is 12.8. The lowest BCUT2D eigenvalue weighted by Crippen LogP contribution is -2.30. The van der Waals surface area contributed by atoms with Gasteiger partial charge in [0.1, 0.15) is 5.84 Å². The smallest absolute Gasteiger partial charge is 0.122 e. The molecule has 5 nitrogen and oxygen atoms in total. The average Bonchev–Trinajstić information content (AvgIpc) is 2.28. The normalized spacial score (nSPS) is 10.3. The van der Waals surface area contributed by atoms with Crippen molar-refractivity contribution in [3.8, 4) is 0 Å². The Kier molecular flexibility index (Phi) is 5.21. The van der Waals surface area contributed by atoms with Crippen LogP contribution in [-0.4, -0.2) is 42.4 Å². The van der Waals surface area contributed by atoms with Crippen molar-refractivity contribution in [3.63, 3.8) is 0 Å². The largest absolute Gasteiger partial charge is 0.395 e. The number of hydrogen-bond donors (Lipinski definition) is 4. The number of halogens is 1. The first-order valence-corrected chi connectivity index (χ1v) is 5.58. The van der Waals surface area contributed by atoms with E-state index in [4.69, 9.17) is 33.0 Å². The molecular formula is C11H16ClN3O2. The molecule has 0 aliphatic rings. The molecule has 0 saturated heterocycles. The van der Waals surface area contributed by atoms with Crippen LogP contribution in [0.5, 0.6) is 0 Å². The van der Waals surface area contributed by atoms with E-state index in [0.717, 1.165) is 0 Å². The molecule has 0 aromatic heterocycles. The van der Waals surface area contributed by atoms with Gasteiger partial charge in [0, 0.05) is 18.7 Å². The Balaban J connectivity index is 2.99. The minimum absolute atomic E-state index is 0.0230. The zero-order valence-electron chi connectivity index (χ0n) is 9.36. The number of rotatable bonds is 6. The van der Waals surface area contributed by atoms with Gasteiger partial charge in [-0.15, -0.1) is 0 Å². The fraction of sp³-hybridized carbons (Fsp3) is 0.364. The van der Waals surface area contributed by atoms with Gasteiger partial charge in [0.05, 0.1) is 23.9 Å². The van der Waals surface area contributed by atoms with Gasteiger partial charge >= 0.3 is 0 Å². The molecule has 1 aromatic rings. The molecule has 1 aromatic carbocycles. The average molecular weight is 258 g/mol. The molecule has 0 radical (unpaired) electrons. The Labute approximate surface area is 105 Å². The van der Waals surface area contributed by atoms with E-state index in [1.807, 2.05) is 0 Å². The molecule has 0 fully saturated rings. The summed E-state index contributed by atoms with van der Waals surface area (Å²) in [5, 5.41) is 25.6. The summed E-state index contributed by atoms with van der Waals surface area (Å²) in [4.78, 5) is 1.77. The Morgan fingerprint density at radius 2 is 1.88 bits per heavy atom. The summed E-state index contributed by atoms with van der Waals surface area (Å²) in [6, 6.07) is 5.01. The zero-order valence-corrected chi connectivity index (χ0v) is 10.1. The second-order valence-electron chi connectivity index (χ2n) is 3.51. The number of aliphatic hydroxyl groups is 2. The predicted molar refractivity (Wildman–Crippen MR) is 68.9 cm³/mol. The number of aliphatic hydroxyl groups excluding tert-OH is 2. The lowest BCUT2D eigenvalue weighted by atomic mass is 10.2. The van der Waals surface area contributed by atoms with Crippen molar-refractivity contribution in [2.24, 2.45) is 5.73 Å². The molecule has 1 rings (SSSR count). The van der Waals surface area contributed by atoms with Crippen molar-refractivity contribution in [3.05, 3.63) is 28.8 Å². The van der Waals surface area contributed by atoms with Crippen LogP contribution in [0.25, 0.3) is 0 Å². The highest BCUT2D eigenvalue weighted by molar-refractivity contribution is 6.33. The second kappa shape index (κ2) is 6.44. The first-order chi connectivity index (χ1) is 8.10. The molecule has 94 valence electrons. The van der Waals surface area contributed by atoms with Crippen molar-refractivity contribution in [1.82, 2.24) is 0 Å². The Hall–Kier alpha value is -1.30. The molecule has 0 aliphatic carbocycles. The van der Waals surface area contributed by atoms with Gasteiger partial charge in [-0.2, -0.15) is 0 Å². The minimum Gasteiger partial charge on any atom is -0.395 e. The number of nitrogens with two attached hydrogens (primary N) is 1. The predicted octanol–water partition coefficient (Wildman–Crippen LogP) is 0.415. The van der Waals surface area contributed by atoms with E-state index in [1.54, 1.807) is 23.1 Å². The molecule has 17 heavy (non-hydrogen) atoms. The summed E-state index contributed by atoms with van der Waals surface area (Å²) in [5.41, 5.74) is 6.61. The summed E-state index contributed by atoms with van der Waals surface area (Å²) in [7, 11) is 0. The summed E-state index contributed by atoms with van der Waals surface area (Å²) >= 11 is 6.08. The van der Waals surface area contributed by atoms with Crippen LogP contribution < -0.4 is 10.6 Å². The van der Waals surface area contributed by atoms with E-state index in [0.29, 0.717) is 29.4 Å². The first-order valence-electron chi connectivity index (χ1n) is 5.20. The Morgan fingerprint density at radius 3 is 2.29 bits per heavy atom. The van der Waals surface area contributed by atoms with Crippen molar-refractivity contribution in [2.45, 2.75) is 0 Å². The number of nitrogens with zero attached hydrogens (tertiary/aromatic N) is 1. The number of nitrogens with one attached hydrogen (secondary N) is 1. The van der Waals surface area contributed by atoms with Crippen LogP contribution in [-0.2, 0) is 0 Å². The molecule has 0 atom stereocenters. The summed E-state index contributed by atoms with van der Waals surface area (Å²) < 4.78 is 0. The van der Waals surface area contributed by atoms with E-state index in [2.05, 4.69) is 0 Å². The highest BCUT2D eigenvalue weighted by atomic mass is 35.5. The molecule has 0 bridgehead atoms. The highest BCUT2D eigenvalue weighted by Gasteiger charge is 2.10. The fourth-order valence-electron chi connectivity index (χ4n) is 1.53. The van der Waals surface area contributed by atoms with E-state index in [9.17, 15) is 0 Å². The SMILES string of the molecule is N=C(N)c1ccc(N(CCO)CCO)c(Cl)c1. The molecule has 0 unspecified atom stereocenters. The van der Waals surface area contributed by atoms with Crippen LogP contribution in [0.3, 0.4) is 0 Å². The van der Waals surface area contributed by atoms with Crippen LogP contribution in [0, 0.1) is 5.41 Å². The molecule has 5 N–H and O–H groups in total. The standard InChI is InChI=1S/C11H16ClN3O2/c12-9-7-8(11(13)14)1-2-10(9)15(3-5-16)4-6-17/h1-2,7,16-17H,3-6H2,(H3,13,14). The van der Waals surface area contributed by atoms with Crippen LogP contribution in [0.1, 0.15) is 5.56 Å². The number of amidine groups is 1. The maximum atomic E-state index is 8.94. The Morgan fingerprint density at radius 1 is 1.29 bits per heavy atom. The molecule has 0 aliphatic heterocycles. The van der Waals surface area contributed by atoms with Crippen molar-refractivity contribution in [2.75, 3.05) is 31.2 Å². The highest BCUT2D eigenvalue weighted by Crippen LogP contribution is 2.26. The Bertz CT molecular complexity index is 392. The van der Waals surface area contributed by atoms with Crippen LogP contribution in [0.2, 0.25) is 5.02 Å². The number of benzene rings is 1. The quantitative estimate of drug-likeness (QED) is 0.439. The third kappa shape index (κ3) is 3.59. The van der Waals surface area contributed by atoms with Gasteiger partial charge in [0.15, 0.2) is 0 Å². The molecule has 0 spiro atoms. The van der Waals surface area contributed by atoms with Crippen LogP contribution >= 0.6 is 11.6 Å². The monoisotopic (exact) mass is 257 g/mol. The van der Waals surface area contributed by atoms with Crippen molar-refractivity contribution < 1.29 is 10.2 Å². The third-order valence-corrected chi connectivity index (χ3v) is 2.64. The molecule has 0 heterocycles. The van der Waals surface area contributed by atoms with E-state index in [1.165, 1.54) is 0 Å². The maximum absolute atomic E-state index is 8.94. The van der Waals surface area contributed by atoms with Gasteiger partial charge in [-0.05, 0) is 18.2 Å². The maximum Gasteiger partial charge on any atom is 0.122 e. The number of anilines is 1. The van der Waals surface area contributed by atoms with Crippen LogP contribution in [0.4, 0.5) is 5.69 Å². The minimum atomic E-state index is -0.0469. The molecule has 6 heteroatoms. The molecular weight excluding hydrogens is 242 g/mol. The van der Waals surface area contributed by atoms with Crippen molar-refractivity contribution in [1.29, 1.82) is 5.41 Å². The van der Waals surface area contributed by atoms with Gasteiger partial charge in [0.2, 0.25) is 0 Å².